The summed E-state index contributed by atoms with van der Waals surface area (Å²) >= 11 is 1.52. The number of hydrogen-bond donors (Lipinski definition) is 0. The highest BCUT2D eigenvalue weighted by atomic mass is 32.1. The van der Waals surface area contributed by atoms with Crippen LogP contribution in [0.1, 0.15) is 22.6 Å². The molecule has 4 aromatic rings. The average molecular weight is 392 g/mol. The Bertz CT molecular complexity index is 1130. The Morgan fingerprint density at radius 1 is 1.14 bits per heavy atom. The lowest BCUT2D eigenvalue weighted by molar-refractivity contribution is -0.119. The van der Waals surface area contributed by atoms with Crippen LogP contribution in [0.3, 0.4) is 0 Å². The van der Waals surface area contributed by atoms with Gasteiger partial charge in [-0.05, 0) is 56.7 Å². The number of aromatic nitrogens is 4. The van der Waals surface area contributed by atoms with Crippen LogP contribution in [0.15, 0.2) is 48.7 Å². The summed E-state index contributed by atoms with van der Waals surface area (Å²) in [6.45, 7) is 6.48. The first kappa shape index (κ1) is 18.3. The van der Waals surface area contributed by atoms with E-state index in [2.05, 4.69) is 23.1 Å². The van der Waals surface area contributed by atoms with Gasteiger partial charge >= 0.3 is 0 Å². The highest BCUT2D eigenvalue weighted by Gasteiger charge is 2.22. The second kappa shape index (κ2) is 7.52. The molecule has 4 rings (SSSR count). The predicted molar refractivity (Wildman–Crippen MR) is 111 cm³/mol. The molecule has 0 fully saturated rings. The van der Waals surface area contributed by atoms with Crippen molar-refractivity contribution in [2.24, 2.45) is 0 Å². The van der Waals surface area contributed by atoms with Gasteiger partial charge in [0, 0.05) is 11.9 Å². The molecule has 0 N–H and O–H groups in total. The van der Waals surface area contributed by atoms with Gasteiger partial charge in [-0.3, -0.25) is 19.4 Å². The molecule has 0 aliphatic rings. The van der Waals surface area contributed by atoms with E-state index in [1.54, 1.807) is 15.8 Å². The van der Waals surface area contributed by atoms with Gasteiger partial charge in [0.25, 0.3) is 5.91 Å². The molecule has 0 spiro atoms. The lowest BCUT2D eigenvalue weighted by atomic mass is 10.2. The predicted octanol–water partition coefficient (Wildman–Crippen LogP) is 4.05. The van der Waals surface area contributed by atoms with Gasteiger partial charge in [0.1, 0.15) is 6.54 Å². The summed E-state index contributed by atoms with van der Waals surface area (Å²) in [6.07, 6.45) is 1.74. The molecule has 0 aliphatic carbocycles. The zero-order chi connectivity index (χ0) is 19.7. The molecule has 0 atom stereocenters. The van der Waals surface area contributed by atoms with Crippen molar-refractivity contribution in [2.75, 3.05) is 4.90 Å². The molecule has 0 saturated heterocycles. The summed E-state index contributed by atoms with van der Waals surface area (Å²) < 4.78 is 2.81. The number of anilines is 1. The van der Waals surface area contributed by atoms with Gasteiger partial charge in [0.2, 0.25) is 0 Å². The number of aryl methyl sites for hydroxylation is 3. The number of carbonyl (C=O) groups is 1. The number of rotatable bonds is 5. The number of nitrogens with zero attached hydrogens (tertiary/aromatic N) is 5. The number of fused-ring (bicyclic) bond motifs is 1. The zero-order valence-corrected chi connectivity index (χ0v) is 16.9. The largest absolute Gasteiger partial charge is 0.280 e. The van der Waals surface area contributed by atoms with Crippen molar-refractivity contribution in [3.05, 3.63) is 71.3 Å². The summed E-state index contributed by atoms with van der Waals surface area (Å²) in [4.78, 5) is 24.0. The fourth-order valence-electron chi connectivity index (χ4n) is 3.10. The maximum atomic E-state index is 13.2. The van der Waals surface area contributed by atoms with E-state index < -0.39 is 0 Å². The molecule has 1 aromatic carbocycles. The van der Waals surface area contributed by atoms with E-state index in [0.717, 1.165) is 27.3 Å². The summed E-state index contributed by atoms with van der Waals surface area (Å²) in [5.41, 5.74) is 4.75. The summed E-state index contributed by atoms with van der Waals surface area (Å²) in [5.74, 6) is -0.0624. The smallest absolute Gasteiger partial charge is 0.250 e. The maximum Gasteiger partial charge on any atom is 0.250 e. The van der Waals surface area contributed by atoms with Gasteiger partial charge in [0.05, 0.1) is 28.1 Å². The van der Waals surface area contributed by atoms with Gasteiger partial charge in [-0.25, -0.2) is 4.98 Å². The Hall–Kier alpha value is -3.06. The molecule has 0 aliphatic heterocycles. The van der Waals surface area contributed by atoms with Crippen LogP contribution in [0.4, 0.5) is 5.13 Å². The molecule has 0 unspecified atom stereocenters. The summed E-state index contributed by atoms with van der Waals surface area (Å²) in [5, 5.41) is 5.10. The van der Waals surface area contributed by atoms with Crippen molar-refractivity contribution in [1.29, 1.82) is 0 Å². The van der Waals surface area contributed by atoms with Crippen LogP contribution in [0.25, 0.3) is 10.2 Å². The van der Waals surface area contributed by atoms with E-state index in [0.29, 0.717) is 11.7 Å². The quantitative estimate of drug-likeness (QED) is 0.515. The molecular weight excluding hydrogens is 370 g/mol. The Morgan fingerprint density at radius 2 is 2.00 bits per heavy atom. The first-order valence-corrected chi connectivity index (χ1v) is 9.90. The van der Waals surface area contributed by atoms with E-state index in [4.69, 9.17) is 4.98 Å². The molecule has 7 heteroatoms. The molecular formula is C21H21N5OS. The van der Waals surface area contributed by atoms with Crippen molar-refractivity contribution in [3.63, 3.8) is 0 Å². The van der Waals surface area contributed by atoms with Gasteiger partial charge in [-0.1, -0.05) is 23.5 Å². The van der Waals surface area contributed by atoms with Crippen LogP contribution in [-0.2, 0) is 17.9 Å². The molecule has 6 nitrogen and oxygen atoms in total. The third-order valence-electron chi connectivity index (χ3n) is 4.50. The molecule has 3 heterocycles. The van der Waals surface area contributed by atoms with Crippen LogP contribution in [0.5, 0.6) is 0 Å². The second-order valence-electron chi connectivity index (χ2n) is 6.85. The Balaban J connectivity index is 1.69. The number of benzene rings is 1. The lowest BCUT2D eigenvalue weighted by Gasteiger charge is -2.20. The minimum Gasteiger partial charge on any atom is -0.280 e. The lowest BCUT2D eigenvalue weighted by Crippen LogP contribution is -2.34. The highest BCUT2D eigenvalue weighted by molar-refractivity contribution is 7.22. The van der Waals surface area contributed by atoms with Crippen LogP contribution in [0, 0.1) is 20.8 Å². The standard InChI is InChI=1S/C21H21N5OS/c1-14-7-8-18-19(10-14)28-21(23-18)25(12-17-6-4-5-9-22-17)20(27)13-26-16(3)11-15(2)24-26/h4-11H,12-13H2,1-3H3. The second-order valence-corrected chi connectivity index (χ2v) is 7.86. The minimum absolute atomic E-state index is 0.0624. The first-order valence-electron chi connectivity index (χ1n) is 9.08. The van der Waals surface area contributed by atoms with E-state index in [1.807, 2.05) is 50.2 Å². The molecule has 3 aromatic heterocycles. The zero-order valence-electron chi connectivity index (χ0n) is 16.1. The van der Waals surface area contributed by atoms with Crippen molar-refractivity contribution < 1.29 is 4.79 Å². The number of pyridine rings is 1. The van der Waals surface area contributed by atoms with Gasteiger partial charge in [0.15, 0.2) is 5.13 Å². The van der Waals surface area contributed by atoms with Gasteiger partial charge < -0.3 is 0 Å². The SMILES string of the molecule is Cc1ccc2nc(N(Cc3ccccn3)C(=O)Cn3nc(C)cc3C)sc2c1. The fraction of sp³-hybridized carbons (Fsp3) is 0.238. The molecule has 0 bridgehead atoms. The van der Waals surface area contributed by atoms with Crippen molar-refractivity contribution in [1.82, 2.24) is 19.7 Å². The van der Waals surface area contributed by atoms with E-state index in [1.165, 1.54) is 16.9 Å². The van der Waals surface area contributed by atoms with Crippen LogP contribution >= 0.6 is 11.3 Å². The third kappa shape index (κ3) is 3.80. The molecule has 142 valence electrons. The van der Waals surface area contributed by atoms with E-state index in [9.17, 15) is 4.79 Å². The average Bonchev–Trinajstić information content (AvgIpc) is 3.22. The van der Waals surface area contributed by atoms with E-state index >= 15 is 0 Å². The van der Waals surface area contributed by atoms with Crippen LogP contribution in [0.2, 0.25) is 0 Å². The van der Waals surface area contributed by atoms with Gasteiger partial charge in [-0.15, -0.1) is 0 Å². The Kier molecular flexibility index (Phi) is 4.92. The number of amides is 1. The maximum absolute atomic E-state index is 13.2. The monoisotopic (exact) mass is 391 g/mol. The number of hydrogen-bond acceptors (Lipinski definition) is 5. The highest BCUT2D eigenvalue weighted by Crippen LogP contribution is 2.30. The number of thiazole rings is 1. The minimum atomic E-state index is -0.0624. The van der Waals surface area contributed by atoms with Crippen LogP contribution in [-0.4, -0.2) is 25.7 Å². The third-order valence-corrected chi connectivity index (χ3v) is 5.54. The Morgan fingerprint density at radius 3 is 2.71 bits per heavy atom. The van der Waals surface area contributed by atoms with Crippen molar-refractivity contribution in [3.8, 4) is 0 Å². The normalized spacial score (nSPS) is 11.1. The topological polar surface area (TPSA) is 63.9 Å². The van der Waals surface area contributed by atoms with Crippen LogP contribution < -0.4 is 4.90 Å². The molecule has 0 radical (unpaired) electrons. The van der Waals surface area contributed by atoms with E-state index in [-0.39, 0.29) is 12.5 Å². The van der Waals surface area contributed by atoms with Crippen molar-refractivity contribution >= 4 is 32.6 Å². The summed E-state index contributed by atoms with van der Waals surface area (Å²) in [6, 6.07) is 13.8. The fourth-order valence-corrected chi connectivity index (χ4v) is 4.18. The summed E-state index contributed by atoms with van der Waals surface area (Å²) in [7, 11) is 0. The molecule has 28 heavy (non-hydrogen) atoms. The Labute approximate surface area is 167 Å². The van der Waals surface area contributed by atoms with Gasteiger partial charge in [-0.2, -0.15) is 5.10 Å². The molecule has 1 amide bonds. The van der Waals surface area contributed by atoms with Crippen molar-refractivity contribution in [2.45, 2.75) is 33.9 Å². The number of carbonyl (C=O) groups excluding carboxylic acids is 1. The molecule has 0 saturated carbocycles. The first-order chi connectivity index (χ1) is 13.5.